The number of halogens is 1. The van der Waals surface area contributed by atoms with Gasteiger partial charge in [-0.25, -0.2) is 4.39 Å². The quantitative estimate of drug-likeness (QED) is 0.929. The molecule has 0 saturated carbocycles. The number of amides is 1. The lowest BCUT2D eigenvalue weighted by Gasteiger charge is -2.09. The van der Waals surface area contributed by atoms with E-state index in [0.717, 1.165) is 12.5 Å². The van der Waals surface area contributed by atoms with Gasteiger partial charge in [0.1, 0.15) is 5.82 Å². The molecule has 6 nitrogen and oxygen atoms in total. The largest absolute Gasteiger partial charge is 0.381 e. The molecule has 2 heterocycles. The Morgan fingerprint density at radius 3 is 3.08 bits per heavy atom. The molecular weight excluding hydrogens is 311 g/mol. The highest BCUT2D eigenvalue weighted by Crippen LogP contribution is 2.26. The Morgan fingerprint density at radius 2 is 2.42 bits per heavy atom. The topological polar surface area (TPSA) is 79.9 Å². The maximum Gasteiger partial charge on any atom is 0.255 e. The molecule has 1 aliphatic rings. The van der Waals surface area contributed by atoms with E-state index in [1.54, 1.807) is 17.9 Å². The number of hydrogen-bond acceptors (Lipinski definition) is 4. The molecule has 7 heteroatoms. The zero-order valence-electron chi connectivity index (χ0n) is 13.3. The summed E-state index contributed by atoms with van der Waals surface area (Å²) in [6.07, 6.45) is 2.50. The Labute approximate surface area is 138 Å². The Bertz CT molecular complexity index is 803. The second kappa shape index (κ2) is 6.81. The Kier molecular flexibility index (Phi) is 4.58. The van der Waals surface area contributed by atoms with Crippen molar-refractivity contribution in [2.24, 2.45) is 7.05 Å². The summed E-state index contributed by atoms with van der Waals surface area (Å²) < 4.78 is 20.9. The minimum absolute atomic E-state index is 0.0475. The molecule has 1 aromatic carbocycles. The van der Waals surface area contributed by atoms with Gasteiger partial charge in [0.2, 0.25) is 0 Å². The van der Waals surface area contributed by atoms with Crippen LogP contribution in [-0.4, -0.2) is 28.9 Å². The third kappa shape index (κ3) is 3.29. The molecule has 0 radical (unpaired) electrons. The smallest absolute Gasteiger partial charge is 0.255 e. The van der Waals surface area contributed by atoms with E-state index >= 15 is 0 Å². The Morgan fingerprint density at radius 1 is 1.58 bits per heavy atom. The summed E-state index contributed by atoms with van der Waals surface area (Å²) in [6.45, 7) is 1.27. The standard InChI is InChI=1S/C17H17FN4O2/c1-22-9-14(16(21-22)13-4-5-24-10-13)17(23)20-8-12-3-2-11(7-19)6-15(12)18/h2-3,6,9,13H,4-5,8,10H2,1H3,(H,20,23)/t13-/m0/s1. The van der Waals surface area contributed by atoms with Crippen LogP contribution in [0.1, 0.15) is 39.5 Å². The molecule has 1 fully saturated rings. The van der Waals surface area contributed by atoms with Gasteiger partial charge in [0.05, 0.1) is 29.5 Å². The number of aryl methyl sites for hydroxylation is 1. The summed E-state index contributed by atoms with van der Waals surface area (Å²) in [5.41, 5.74) is 1.78. The molecule has 1 amide bonds. The van der Waals surface area contributed by atoms with Gasteiger partial charge in [-0.1, -0.05) is 6.07 Å². The number of nitrogens with one attached hydrogen (secondary N) is 1. The van der Waals surface area contributed by atoms with Crippen molar-refractivity contribution in [2.75, 3.05) is 13.2 Å². The predicted octanol–water partition coefficient (Wildman–Crippen LogP) is 1.86. The van der Waals surface area contributed by atoms with E-state index in [0.29, 0.717) is 30.0 Å². The van der Waals surface area contributed by atoms with Crippen LogP contribution in [0.4, 0.5) is 4.39 Å². The van der Waals surface area contributed by atoms with Crippen molar-refractivity contribution in [3.8, 4) is 6.07 Å². The van der Waals surface area contributed by atoms with E-state index in [1.165, 1.54) is 12.1 Å². The number of nitriles is 1. The molecule has 2 aromatic rings. The lowest BCUT2D eigenvalue weighted by molar-refractivity contribution is 0.0949. The highest BCUT2D eigenvalue weighted by molar-refractivity contribution is 5.95. The Balaban J connectivity index is 1.73. The molecule has 1 atom stereocenters. The second-order valence-electron chi connectivity index (χ2n) is 5.76. The van der Waals surface area contributed by atoms with E-state index in [-0.39, 0.29) is 23.9 Å². The van der Waals surface area contributed by atoms with E-state index in [4.69, 9.17) is 10.00 Å². The fraction of sp³-hybridized carbons (Fsp3) is 0.353. The molecule has 0 unspecified atom stereocenters. The van der Waals surface area contributed by atoms with Gasteiger partial charge in [0.25, 0.3) is 5.91 Å². The van der Waals surface area contributed by atoms with Crippen LogP contribution in [0, 0.1) is 17.1 Å². The van der Waals surface area contributed by atoms with Crippen LogP contribution in [0.5, 0.6) is 0 Å². The number of ether oxygens (including phenoxy) is 1. The van der Waals surface area contributed by atoms with Crippen molar-refractivity contribution in [3.63, 3.8) is 0 Å². The molecule has 1 aliphatic heterocycles. The molecule has 1 aromatic heterocycles. The maximum absolute atomic E-state index is 13.9. The van der Waals surface area contributed by atoms with Crippen LogP contribution < -0.4 is 5.32 Å². The molecule has 24 heavy (non-hydrogen) atoms. The van der Waals surface area contributed by atoms with Crippen LogP contribution in [0.15, 0.2) is 24.4 Å². The van der Waals surface area contributed by atoms with E-state index in [2.05, 4.69) is 10.4 Å². The number of aromatic nitrogens is 2. The lowest BCUT2D eigenvalue weighted by Crippen LogP contribution is -2.24. The number of benzene rings is 1. The second-order valence-corrected chi connectivity index (χ2v) is 5.76. The molecule has 0 bridgehead atoms. The van der Waals surface area contributed by atoms with Crippen LogP contribution in [0.2, 0.25) is 0 Å². The third-order valence-electron chi connectivity index (χ3n) is 4.04. The van der Waals surface area contributed by atoms with Crippen molar-refractivity contribution < 1.29 is 13.9 Å². The summed E-state index contributed by atoms with van der Waals surface area (Å²) in [7, 11) is 1.76. The summed E-state index contributed by atoms with van der Waals surface area (Å²) in [6, 6.07) is 6.06. The number of rotatable bonds is 4. The normalized spacial score (nSPS) is 16.8. The minimum Gasteiger partial charge on any atom is -0.381 e. The summed E-state index contributed by atoms with van der Waals surface area (Å²) >= 11 is 0. The molecule has 124 valence electrons. The van der Waals surface area contributed by atoms with Crippen molar-refractivity contribution >= 4 is 5.91 Å². The number of carbonyl (C=O) groups excluding carboxylic acids is 1. The average molecular weight is 328 g/mol. The summed E-state index contributed by atoms with van der Waals surface area (Å²) in [5, 5.41) is 15.8. The first-order chi connectivity index (χ1) is 11.6. The van der Waals surface area contributed by atoms with Crippen LogP contribution in [-0.2, 0) is 18.3 Å². The lowest BCUT2D eigenvalue weighted by atomic mass is 10.0. The zero-order chi connectivity index (χ0) is 17.1. The van der Waals surface area contributed by atoms with Gasteiger partial charge in [-0.05, 0) is 18.6 Å². The number of nitrogens with zero attached hydrogens (tertiary/aromatic N) is 3. The molecule has 1 N–H and O–H groups in total. The van der Waals surface area contributed by atoms with Crippen molar-refractivity contribution in [3.05, 3.63) is 52.6 Å². The zero-order valence-corrected chi connectivity index (χ0v) is 13.3. The molecule has 0 aliphatic carbocycles. The van der Waals surface area contributed by atoms with Gasteiger partial charge in [0, 0.05) is 37.9 Å². The number of hydrogen-bond donors (Lipinski definition) is 1. The van der Waals surface area contributed by atoms with E-state index in [1.807, 2.05) is 6.07 Å². The van der Waals surface area contributed by atoms with Gasteiger partial charge in [-0.2, -0.15) is 10.4 Å². The van der Waals surface area contributed by atoms with Gasteiger partial charge in [-0.3, -0.25) is 9.48 Å². The average Bonchev–Trinajstić information content (AvgIpc) is 3.22. The SMILES string of the molecule is Cn1cc(C(=O)NCc2ccc(C#N)cc2F)c([C@H]2CCOC2)n1. The number of carbonyl (C=O) groups is 1. The highest BCUT2D eigenvalue weighted by atomic mass is 19.1. The predicted molar refractivity (Wildman–Crippen MR) is 83.7 cm³/mol. The van der Waals surface area contributed by atoms with Gasteiger partial charge in [-0.15, -0.1) is 0 Å². The van der Waals surface area contributed by atoms with Gasteiger partial charge >= 0.3 is 0 Å². The molecule has 3 rings (SSSR count). The molecule has 0 spiro atoms. The maximum atomic E-state index is 13.9. The van der Waals surface area contributed by atoms with Crippen LogP contribution >= 0.6 is 0 Å². The first kappa shape index (κ1) is 16.1. The summed E-state index contributed by atoms with van der Waals surface area (Å²) in [4.78, 5) is 12.5. The Hall–Kier alpha value is -2.72. The highest BCUT2D eigenvalue weighted by Gasteiger charge is 2.26. The van der Waals surface area contributed by atoms with E-state index < -0.39 is 5.82 Å². The molecule has 1 saturated heterocycles. The third-order valence-corrected chi connectivity index (χ3v) is 4.04. The van der Waals surface area contributed by atoms with Crippen molar-refractivity contribution in [1.82, 2.24) is 15.1 Å². The first-order valence-corrected chi connectivity index (χ1v) is 7.66. The monoisotopic (exact) mass is 328 g/mol. The van der Waals surface area contributed by atoms with Crippen molar-refractivity contribution in [2.45, 2.75) is 18.9 Å². The fourth-order valence-electron chi connectivity index (χ4n) is 2.76. The van der Waals surface area contributed by atoms with Gasteiger partial charge in [0.15, 0.2) is 0 Å². The molecular formula is C17H17FN4O2. The summed E-state index contributed by atoms with van der Waals surface area (Å²) in [5.74, 6) is -0.697. The van der Waals surface area contributed by atoms with Gasteiger partial charge < -0.3 is 10.1 Å². The van der Waals surface area contributed by atoms with Crippen molar-refractivity contribution in [1.29, 1.82) is 5.26 Å². The first-order valence-electron chi connectivity index (χ1n) is 7.66. The van der Waals surface area contributed by atoms with Crippen LogP contribution in [0.25, 0.3) is 0 Å². The van der Waals surface area contributed by atoms with Crippen LogP contribution in [0.3, 0.4) is 0 Å². The fourth-order valence-corrected chi connectivity index (χ4v) is 2.76. The minimum atomic E-state index is -0.509. The van der Waals surface area contributed by atoms with E-state index in [9.17, 15) is 9.18 Å².